The summed E-state index contributed by atoms with van der Waals surface area (Å²) in [7, 11) is 1.25. The molecule has 1 saturated heterocycles. The third-order valence-corrected chi connectivity index (χ3v) is 3.85. The zero-order chi connectivity index (χ0) is 16.3. The van der Waals surface area contributed by atoms with E-state index in [2.05, 4.69) is 4.74 Å². The number of ketones is 1. The van der Waals surface area contributed by atoms with Crippen molar-refractivity contribution in [2.24, 2.45) is 5.92 Å². The third-order valence-electron chi connectivity index (χ3n) is 3.85. The fourth-order valence-electron chi connectivity index (χ4n) is 2.46. The third kappa shape index (κ3) is 3.01. The Balaban J connectivity index is 2.12. The lowest BCUT2D eigenvalue weighted by Crippen LogP contribution is -2.58. The van der Waals surface area contributed by atoms with Crippen molar-refractivity contribution in [1.29, 1.82) is 0 Å². The van der Waals surface area contributed by atoms with Gasteiger partial charge in [-0.3, -0.25) is 9.59 Å². The van der Waals surface area contributed by atoms with Gasteiger partial charge in [0, 0.05) is 6.54 Å². The Kier molecular flexibility index (Phi) is 4.61. The molecule has 0 saturated carbocycles. The van der Waals surface area contributed by atoms with Crippen LogP contribution in [0, 0.1) is 5.92 Å². The predicted octanol–water partition coefficient (Wildman–Crippen LogP) is 1.60. The minimum absolute atomic E-state index is 0.261. The molecule has 0 radical (unpaired) electrons. The van der Waals surface area contributed by atoms with Gasteiger partial charge in [0.25, 0.3) is 0 Å². The Morgan fingerprint density at radius 1 is 1.23 bits per heavy atom. The fourth-order valence-corrected chi connectivity index (χ4v) is 2.46. The van der Waals surface area contributed by atoms with Crippen molar-refractivity contribution in [3.05, 3.63) is 35.9 Å². The predicted molar refractivity (Wildman–Crippen MR) is 77.8 cm³/mol. The van der Waals surface area contributed by atoms with Crippen LogP contribution in [0.4, 0.5) is 0 Å². The SMILES string of the molecule is COC(=O)C1CCN(OC(=O)c2ccccc2)C(C)(C)C1=O. The second-order valence-corrected chi connectivity index (χ2v) is 5.63. The van der Waals surface area contributed by atoms with Crippen molar-refractivity contribution in [1.82, 2.24) is 5.06 Å². The summed E-state index contributed by atoms with van der Waals surface area (Å²) in [5.74, 6) is -2.21. The standard InChI is InChI=1S/C16H19NO5/c1-16(2)13(18)12(15(20)21-3)9-10-17(16)22-14(19)11-7-5-4-6-8-11/h4-8,12H,9-10H2,1-3H3. The molecule has 0 N–H and O–H groups in total. The summed E-state index contributed by atoms with van der Waals surface area (Å²) in [5, 5.41) is 1.34. The molecule has 22 heavy (non-hydrogen) atoms. The minimum atomic E-state index is -1.08. The maximum absolute atomic E-state index is 12.4. The second-order valence-electron chi connectivity index (χ2n) is 5.63. The second kappa shape index (κ2) is 6.27. The average molecular weight is 305 g/mol. The van der Waals surface area contributed by atoms with Crippen molar-refractivity contribution in [2.75, 3.05) is 13.7 Å². The Labute approximate surface area is 129 Å². The number of benzene rings is 1. The summed E-state index contributed by atoms with van der Waals surface area (Å²) >= 11 is 0. The van der Waals surface area contributed by atoms with E-state index in [-0.39, 0.29) is 18.7 Å². The van der Waals surface area contributed by atoms with Gasteiger partial charge in [-0.15, -0.1) is 5.06 Å². The van der Waals surface area contributed by atoms with Crippen LogP contribution in [-0.4, -0.2) is 42.0 Å². The van der Waals surface area contributed by atoms with E-state index in [1.807, 2.05) is 0 Å². The van der Waals surface area contributed by atoms with Crippen LogP contribution in [0.1, 0.15) is 30.6 Å². The molecular formula is C16H19NO5. The number of hydrogen-bond donors (Lipinski definition) is 0. The number of piperidine rings is 1. The number of methoxy groups -OCH3 is 1. The van der Waals surface area contributed by atoms with Gasteiger partial charge in [0.15, 0.2) is 5.78 Å². The molecule has 0 amide bonds. The molecule has 6 nitrogen and oxygen atoms in total. The first-order valence-corrected chi connectivity index (χ1v) is 7.05. The van der Waals surface area contributed by atoms with Gasteiger partial charge in [-0.1, -0.05) is 18.2 Å². The molecule has 0 spiro atoms. The van der Waals surface area contributed by atoms with E-state index in [4.69, 9.17) is 4.84 Å². The number of ether oxygens (including phenoxy) is 1. The van der Waals surface area contributed by atoms with Crippen LogP contribution < -0.4 is 0 Å². The number of esters is 1. The van der Waals surface area contributed by atoms with Crippen LogP contribution in [-0.2, 0) is 19.2 Å². The smallest absolute Gasteiger partial charge is 0.357 e. The molecule has 6 heteroatoms. The highest BCUT2D eigenvalue weighted by atomic mass is 16.7. The number of hydrogen-bond acceptors (Lipinski definition) is 6. The summed E-state index contributed by atoms with van der Waals surface area (Å²) in [6.07, 6.45) is 0.261. The highest BCUT2D eigenvalue weighted by Crippen LogP contribution is 2.29. The van der Waals surface area contributed by atoms with Crippen LogP contribution in [0.2, 0.25) is 0 Å². The van der Waals surface area contributed by atoms with Crippen LogP contribution in [0.25, 0.3) is 0 Å². The van der Waals surface area contributed by atoms with Gasteiger partial charge in [0.05, 0.1) is 12.7 Å². The first-order chi connectivity index (χ1) is 10.4. The molecule has 1 heterocycles. The first kappa shape index (κ1) is 16.2. The van der Waals surface area contributed by atoms with Crippen LogP contribution in [0.3, 0.4) is 0 Å². The lowest BCUT2D eigenvalue weighted by molar-refractivity contribution is -0.195. The number of hydroxylamine groups is 2. The molecular weight excluding hydrogens is 286 g/mol. The van der Waals surface area contributed by atoms with Crippen molar-refractivity contribution in [3.63, 3.8) is 0 Å². The van der Waals surface area contributed by atoms with E-state index in [1.54, 1.807) is 44.2 Å². The van der Waals surface area contributed by atoms with E-state index in [9.17, 15) is 14.4 Å². The zero-order valence-electron chi connectivity index (χ0n) is 12.9. The largest absolute Gasteiger partial charge is 0.468 e. The van der Waals surface area contributed by atoms with E-state index >= 15 is 0 Å². The molecule has 1 aliphatic heterocycles. The van der Waals surface area contributed by atoms with Gasteiger partial charge in [0.2, 0.25) is 0 Å². The lowest BCUT2D eigenvalue weighted by Gasteiger charge is -2.41. The van der Waals surface area contributed by atoms with Crippen molar-refractivity contribution >= 4 is 17.7 Å². The monoisotopic (exact) mass is 305 g/mol. The molecule has 118 valence electrons. The van der Waals surface area contributed by atoms with Gasteiger partial charge in [-0.05, 0) is 32.4 Å². The minimum Gasteiger partial charge on any atom is -0.468 e. The van der Waals surface area contributed by atoms with Crippen LogP contribution in [0.5, 0.6) is 0 Å². The summed E-state index contributed by atoms with van der Waals surface area (Å²) in [6.45, 7) is 3.54. The average Bonchev–Trinajstić information content (AvgIpc) is 2.52. The maximum atomic E-state index is 12.4. The van der Waals surface area contributed by atoms with Gasteiger partial charge in [-0.25, -0.2) is 4.79 Å². The Morgan fingerprint density at radius 2 is 1.86 bits per heavy atom. The molecule has 1 aliphatic rings. The topological polar surface area (TPSA) is 72.9 Å². The van der Waals surface area contributed by atoms with Gasteiger partial charge in [-0.2, -0.15) is 0 Å². The zero-order valence-corrected chi connectivity index (χ0v) is 12.9. The van der Waals surface area contributed by atoms with E-state index < -0.39 is 23.4 Å². The number of rotatable bonds is 3. The van der Waals surface area contributed by atoms with Crippen LogP contribution >= 0.6 is 0 Å². The van der Waals surface area contributed by atoms with Gasteiger partial charge in [0.1, 0.15) is 11.5 Å². The van der Waals surface area contributed by atoms with Gasteiger partial charge < -0.3 is 9.57 Å². The molecule has 2 rings (SSSR count). The highest BCUT2D eigenvalue weighted by Gasteiger charge is 2.48. The molecule has 1 unspecified atom stereocenters. The molecule has 1 aromatic rings. The number of carbonyl (C=O) groups excluding carboxylic acids is 3. The quantitative estimate of drug-likeness (QED) is 0.624. The normalized spacial score (nSPS) is 21.2. The van der Waals surface area contributed by atoms with Crippen molar-refractivity contribution in [3.8, 4) is 0 Å². The molecule has 1 fully saturated rings. The first-order valence-electron chi connectivity index (χ1n) is 7.05. The molecule has 0 bridgehead atoms. The lowest BCUT2D eigenvalue weighted by atomic mass is 9.82. The maximum Gasteiger partial charge on any atom is 0.357 e. The van der Waals surface area contributed by atoms with E-state index in [0.717, 1.165) is 0 Å². The van der Waals surface area contributed by atoms with E-state index in [0.29, 0.717) is 5.56 Å². The Morgan fingerprint density at radius 3 is 2.45 bits per heavy atom. The number of carbonyl (C=O) groups is 3. The van der Waals surface area contributed by atoms with E-state index in [1.165, 1.54) is 12.2 Å². The summed E-state index contributed by atoms with van der Waals surface area (Å²) in [5.41, 5.74) is -0.678. The van der Waals surface area contributed by atoms with Crippen molar-refractivity contribution in [2.45, 2.75) is 25.8 Å². The molecule has 0 aliphatic carbocycles. The van der Waals surface area contributed by atoms with Gasteiger partial charge >= 0.3 is 11.9 Å². The van der Waals surface area contributed by atoms with Crippen molar-refractivity contribution < 1.29 is 24.0 Å². The number of Topliss-reactive ketones (excluding diaryl/α,β-unsaturated/α-hetero) is 1. The summed E-state index contributed by atoms with van der Waals surface area (Å²) < 4.78 is 4.65. The molecule has 0 aromatic heterocycles. The van der Waals surface area contributed by atoms with Crippen LogP contribution in [0.15, 0.2) is 30.3 Å². The summed E-state index contributed by atoms with van der Waals surface area (Å²) in [6, 6.07) is 8.54. The highest BCUT2D eigenvalue weighted by molar-refractivity contribution is 6.04. The Bertz CT molecular complexity index is 581. The summed E-state index contributed by atoms with van der Waals surface area (Å²) in [4.78, 5) is 41.5. The fraction of sp³-hybridized carbons (Fsp3) is 0.438. The molecule has 1 atom stereocenters. The Hall–Kier alpha value is -2.21. The molecule has 1 aromatic carbocycles. The number of nitrogens with zero attached hydrogens (tertiary/aromatic N) is 1.